The van der Waals surface area contributed by atoms with Crippen LogP contribution in [0.1, 0.15) is 11.4 Å². The predicted octanol–water partition coefficient (Wildman–Crippen LogP) is 2.91. The molecule has 0 N–H and O–H groups in total. The van der Waals surface area contributed by atoms with Gasteiger partial charge < -0.3 is 9.30 Å². The summed E-state index contributed by atoms with van der Waals surface area (Å²) in [5, 5.41) is 8.53. The summed E-state index contributed by atoms with van der Waals surface area (Å²) in [6.07, 6.45) is 1.71. The molecule has 96 valence electrons. The van der Waals surface area contributed by atoms with E-state index in [1.54, 1.807) is 25.2 Å². The zero-order valence-electron chi connectivity index (χ0n) is 10.3. The highest BCUT2D eigenvalue weighted by Crippen LogP contribution is 2.27. The maximum atomic E-state index is 6.07. The van der Waals surface area contributed by atoms with E-state index in [2.05, 4.69) is 10.2 Å². The summed E-state index contributed by atoms with van der Waals surface area (Å²) in [5.74, 6) is 3.40. The minimum atomic E-state index is 0.647. The van der Waals surface area contributed by atoms with Crippen LogP contribution in [0.3, 0.4) is 0 Å². The molecule has 0 aliphatic rings. The van der Waals surface area contributed by atoms with Crippen LogP contribution in [0.5, 0.6) is 5.75 Å². The van der Waals surface area contributed by atoms with E-state index in [0.29, 0.717) is 10.8 Å². The van der Waals surface area contributed by atoms with Crippen LogP contribution in [0, 0.1) is 0 Å². The van der Waals surface area contributed by atoms with Gasteiger partial charge in [0.05, 0.1) is 17.9 Å². The Morgan fingerprint density at radius 2 is 2.22 bits per heavy atom. The highest BCUT2D eigenvalue weighted by atomic mass is 35.5. The number of ether oxygens (including phenoxy) is 1. The van der Waals surface area contributed by atoms with Crippen molar-refractivity contribution in [2.24, 2.45) is 7.05 Å². The Bertz CT molecular complexity index is 530. The number of aryl methyl sites for hydroxylation is 1. The third-order valence-electron chi connectivity index (χ3n) is 2.52. The lowest BCUT2D eigenvalue weighted by Gasteiger charge is -2.06. The molecule has 0 fully saturated rings. The number of thioether (sulfide) groups is 1. The summed E-state index contributed by atoms with van der Waals surface area (Å²) < 4.78 is 7.04. The Morgan fingerprint density at radius 3 is 2.83 bits per heavy atom. The van der Waals surface area contributed by atoms with Crippen molar-refractivity contribution < 1.29 is 4.74 Å². The van der Waals surface area contributed by atoms with Gasteiger partial charge in [-0.1, -0.05) is 17.7 Å². The fraction of sp³-hybridized carbons (Fsp3) is 0.333. The monoisotopic (exact) mass is 283 g/mol. The Balaban J connectivity index is 1.91. The van der Waals surface area contributed by atoms with Crippen molar-refractivity contribution in [3.05, 3.63) is 40.9 Å². The van der Waals surface area contributed by atoms with Gasteiger partial charge in [0.1, 0.15) is 17.9 Å². The van der Waals surface area contributed by atoms with Gasteiger partial charge in [0.2, 0.25) is 0 Å². The van der Waals surface area contributed by atoms with E-state index in [4.69, 9.17) is 16.3 Å². The Morgan fingerprint density at radius 1 is 1.39 bits per heavy atom. The molecule has 18 heavy (non-hydrogen) atoms. The third-order valence-corrected chi connectivity index (χ3v) is 3.82. The molecule has 0 saturated heterocycles. The standard InChI is InChI=1S/C12H14ClN3OS/c1-16-8-14-15-12(16)7-18-6-9-3-4-11(17-2)10(13)5-9/h3-5,8H,6-7H2,1-2H3. The average Bonchev–Trinajstić information content (AvgIpc) is 2.75. The van der Waals surface area contributed by atoms with Crippen LogP contribution in [0.2, 0.25) is 5.02 Å². The largest absolute Gasteiger partial charge is 0.495 e. The number of rotatable bonds is 5. The first-order valence-corrected chi connectivity index (χ1v) is 6.97. The number of nitrogens with zero attached hydrogens (tertiary/aromatic N) is 3. The molecular weight excluding hydrogens is 270 g/mol. The van der Waals surface area contributed by atoms with E-state index in [-0.39, 0.29) is 0 Å². The molecule has 0 saturated carbocycles. The van der Waals surface area contributed by atoms with E-state index in [1.165, 1.54) is 5.56 Å². The fourth-order valence-corrected chi connectivity index (χ4v) is 2.74. The van der Waals surface area contributed by atoms with Gasteiger partial charge in [0, 0.05) is 12.8 Å². The average molecular weight is 284 g/mol. The molecule has 0 bridgehead atoms. The molecule has 0 amide bonds. The first-order valence-electron chi connectivity index (χ1n) is 5.43. The summed E-state index contributed by atoms with van der Waals surface area (Å²) in [7, 11) is 3.56. The van der Waals surface area contributed by atoms with Crippen molar-refractivity contribution in [2.75, 3.05) is 7.11 Å². The fourth-order valence-electron chi connectivity index (χ4n) is 1.50. The lowest BCUT2D eigenvalue weighted by molar-refractivity contribution is 0.415. The molecule has 0 unspecified atom stereocenters. The second kappa shape index (κ2) is 6.11. The molecule has 2 rings (SSSR count). The molecule has 0 spiro atoms. The van der Waals surface area contributed by atoms with Crippen LogP contribution >= 0.6 is 23.4 Å². The van der Waals surface area contributed by atoms with Crippen LogP contribution in [0.4, 0.5) is 0 Å². The van der Waals surface area contributed by atoms with Gasteiger partial charge >= 0.3 is 0 Å². The lowest BCUT2D eigenvalue weighted by atomic mass is 10.2. The van der Waals surface area contributed by atoms with Gasteiger partial charge in [0.15, 0.2) is 0 Å². The van der Waals surface area contributed by atoms with Gasteiger partial charge in [-0.25, -0.2) is 0 Å². The number of hydrogen-bond donors (Lipinski definition) is 0. The normalized spacial score (nSPS) is 10.6. The maximum absolute atomic E-state index is 6.07. The van der Waals surface area contributed by atoms with Crippen LogP contribution in [0.25, 0.3) is 0 Å². The Hall–Kier alpha value is -1.20. The molecule has 1 aromatic carbocycles. The highest BCUT2D eigenvalue weighted by Gasteiger charge is 2.04. The lowest BCUT2D eigenvalue weighted by Crippen LogP contribution is -1.95. The molecule has 0 radical (unpaired) electrons. The quantitative estimate of drug-likeness (QED) is 0.846. The van der Waals surface area contributed by atoms with Crippen molar-refractivity contribution in [2.45, 2.75) is 11.5 Å². The number of benzene rings is 1. The third kappa shape index (κ3) is 3.17. The van der Waals surface area contributed by atoms with Gasteiger partial charge in [0.25, 0.3) is 0 Å². The Labute approximate surface area is 115 Å². The van der Waals surface area contributed by atoms with Gasteiger partial charge in [-0.05, 0) is 17.7 Å². The molecule has 0 aliphatic carbocycles. The van der Waals surface area contributed by atoms with Crippen molar-refractivity contribution in [1.82, 2.24) is 14.8 Å². The van der Waals surface area contributed by atoms with E-state index < -0.39 is 0 Å². The maximum Gasteiger partial charge on any atom is 0.142 e. The van der Waals surface area contributed by atoms with Crippen LogP contribution in [-0.2, 0) is 18.6 Å². The first-order chi connectivity index (χ1) is 8.70. The zero-order chi connectivity index (χ0) is 13.0. The minimum absolute atomic E-state index is 0.647. The van der Waals surface area contributed by atoms with Crippen molar-refractivity contribution >= 4 is 23.4 Å². The number of hydrogen-bond acceptors (Lipinski definition) is 4. The SMILES string of the molecule is COc1ccc(CSCc2nncn2C)cc1Cl. The molecule has 4 nitrogen and oxygen atoms in total. The molecule has 0 atom stereocenters. The highest BCUT2D eigenvalue weighted by molar-refractivity contribution is 7.97. The zero-order valence-corrected chi connectivity index (χ0v) is 11.8. The number of aromatic nitrogens is 3. The molecule has 1 aromatic heterocycles. The van der Waals surface area contributed by atoms with Gasteiger partial charge in [-0.3, -0.25) is 0 Å². The molecule has 0 aliphatic heterocycles. The first kappa shape index (κ1) is 13.2. The van der Waals surface area contributed by atoms with Crippen LogP contribution in [0.15, 0.2) is 24.5 Å². The summed E-state index contributed by atoms with van der Waals surface area (Å²) >= 11 is 7.85. The second-order valence-electron chi connectivity index (χ2n) is 3.82. The summed E-state index contributed by atoms with van der Waals surface area (Å²) in [5.41, 5.74) is 1.17. The van der Waals surface area contributed by atoms with Crippen molar-refractivity contribution in [3.8, 4) is 5.75 Å². The van der Waals surface area contributed by atoms with Crippen molar-refractivity contribution in [1.29, 1.82) is 0 Å². The molecule has 1 heterocycles. The topological polar surface area (TPSA) is 39.9 Å². The summed E-state index contributed by atoms with van der Waals surface area (Å²) in [4.78, 5) is 0. The summed E-state index contributed by atoms with van der Waals surface area (Å²) in [6.45, 7) is 0. The van der Waals surface area contributed by atoms with Gasteiger partial charge in [-0.2, -0.15) is 0 Å². The molecule has 6 heteroatoms. The summed E-state index contributed by atoms with van der Waals surface area (Å²) in [6, 6.07) is 5.85. The van der Waals surface area contributed by atoms with Crippen LogP contribution < -0.4 is 4.74 Å². The Kier molecular flexibility index (Phi) is 4.49. The smallest absolute Gasteiger partial charge is 0.142 e. The predicted molar refractivity (Wildman–Crippen MR) is 74.0 cm³/mol. The van der Waals surface area contributed by atoms with Crippen LogP contribution in [-0.4, -0.2) is 21.9 Å². The van der Waals surface area contributed by atoms with E-state index in [1.807, 2.05) is 29.8 Å². The minimum Gasteiger partial charge on any atom is -0.495 e. The second-order valence-corrected chi connectivity index (χ2v) is 5.21. The number of halogens is 1. The van der Waals surface area contributed by atoms with Crippen molar-refractivity contribution in [3.63, 3.8) is 0 Å². The van der Waals surface area contributed by atoms with E-state index >= 15 is 0 Å². The molecule has 2 aromatic rings. The van der Waals surface area contributed by atoms with E-state index in [0.717, 1.165) is 17.3 Å². The van der Waals surface area contributed by atoms with E-state index in [9.17, 15) is 0 Å². The van der Waals surface area contributed by atoms with Gasteiger partial charge in [-0.15, -0.1) is 22.0 Å². The molecular formula is C12H14ClN3OS. The number of methoxy groups -OCH3 is 1.